The first-order valence-electron chi connectivity index (χ1n) is 4.72. The summed E-state index contributed by atoms with van der Waals surface area (Å²) in [5.41, 5.74) is 1.18. The second-order valence-corrected chi connectivity index (χ2v) is 4.66. The van der Waals surface area contributed by atoms with Crippen LogP contribution in [0.2, 0.25) is 5.02 Å². The second-order valence-electron chi connectivity index (χ2n) is 3.31. The first-order chi connectivity index (χ1) is 7.31. The van der Waals surface area contributed by atoms with E-state index in [1.54, 1.807) is 23.9 Å². The average molecular weight is 242 g/mol. The van der Waals surface area contributed by atoms with Crippen molar-refractivity contribution in [2.24, 2.45) is 0 Å². The normalized spacial score (nSPS) is 12.9. The van der Waals surface area contributed by atoms with Gasteiger partial charge in [0, 0.05) is 10.9 Å². The number of hydrogen-bond acceptors (Lipinski definition) is 3. The maximum atomic E-state index is 6.10. The number of likely N-dealkylation sites (N-methyl/N-ethyl adjacent to an activating group) is 1. The number of furan rings is 1. The lowest BCUT2D eigenvalue weighted by atomic mass is 10.1. The third-order valence-corrected chi connectivity index (χ3v) is 3.80. The van der Waals surface area contributed by atoms with E-state index in [4.69, 9.17) is 16.0 Å². The number of thiophene rings is 1. The summed E-state index contributed by atoms with van der Waals surface area (Å²) in [6.07, 6.45) is 4.36. The van der Waals surface area contributed by atoms with Crippen LogP contribution in [0.15, 0.2) is 34.5 Å². The Morgan fingerprint density at radius 3 is 2.93 bits per heavy atom. The molecule has 2 heterocycles. The van der Waals surface area contributed by atoms with Crippen molar-refractivity contribution in [3.8, 4) is 0 Å². The Balaban J connectivity index is 2.15. The minimum Gasteiger partial charge on any atom is -0.472 e. The van der Waals surface area contributed by atoms with Gasteiger partial charge in [0.25, 0.3) is 0 Å². The van der Waals surface area contributed by atoms with Gasteiger partial charge in [0.05, 0.1) is 17.5 Å². The van der Waals surface area contributed by atoms with Crippen molar-refractivity contribution in [1.29, 1.82) is 0 Å². The van der Waals surface area contributed by atoms with Gasteiger partial charge in [-0.25, -0.2) is 0 Å². The van der Waals surface area contributed by atoms with Crippen LogP contribution in [-0.2, 0) is 6.42 Å². The van der Waals surface area contributed by atoms with Gasteiger partial charge in [-0.1, -0.05) is 11.6 Å². The summed E-state index contributed by atoms with van der Waals surface area (Å²) in [6, 6.07) is 4.17. The smallest absolute Gasteiger partial charge is 0.0935 e. The molecule has 0 fully saturated rings. The van der Waals surface area contributed by atoms with Gasteiger partial charge < -0.3 is 9.73 Å². The summed E-state index contributed by atoms with van der Waals surface area (Å²) in [6.45, 7) is 0. The molecule has 0 aliphatic carbocycles. The fourth-order valence-electron chi connectivity index (χ4n) is 1.52. The molecule has 4 heteroatoms. The van der Waals surface area contributed by atoms with Gasteiger partial charge in [0.15, 0.2) is 0 Å². The van der Waals surface area contributed by atoms with Crippen LogP contribution in [0, 0.1) is 0 Å². The summed E-state index contributed by atoms with van der Waals surface area (Å²) in [5.74, 6) is 0. The first-order valence-corrected chi connectivity index (χ1v) is 5.98. The van der Waals surface area contributed by atoms with E-state index >= 15 is 0 Å². The standard InChI is InChI=1S/C11H12ClNOS/c1-13-10(6-8-2-4-14-7-8)11-9(12)3-5-15-11/h2-5,7,10,13H,6H2,1H3. The highest BCUT2D eigenvalue weighted by Gasteiger charge is 2.15. The van der Waals surface area contributed by atoms with Gasteiger partial charge in [0.1, 0.15) is 0 Å². The van der Waals surface area contributed by atoms with Gasteiger partial charge >= 0.3 is 0 Å². The summed E-state index contributed by atoms with van der Waals surface area (Å²) >= 11 is 7.78. The Kier molecular flexibility index (Phi) is 3.46. The predicted octanol–water partition coefficient (Wildman–Crippen LogP) is 3.50. The molecule has 0 radical (unpaired) electrons. The molecule has 80 valence electrons. The molecule has 0 saturated heterocycles. The largest absolute Gasteiger partial charge is 0.472 e. The van der Waals surface area contributed by atoms with E-state index in [9.17, 15) is 0 Å². The molecular formula is C11H12ClNOS. The Morgan fingerprint density at radius 2 is 2.40 bits per heavy atom. The maximum Gasteiger partial charge on any atom is 0.0935 e. The van der Waals surface area contributed by atoms with E-state index in [0.717, 1.165) is 11.4 Å². The lowest BCUT2D eigenvalue weighted by Gasteiger charge is -2.13. The number of rotatable bonds is 4. The molecule has 2 rings (SSSR count). The van der Waals surface area contributed by atoms with Gasteiger partial charge in [-0.2, -0.15) is 0 Å². The van der Waals surface area contributed by atoms with Crippen molar-refractivity contribution < 1.29 is 4.42 Å². The minimum absolute atomic E-state index is 0.259. The van der Waals surface area contributed by atoms with Crippen LogP contribution in [0.25, 0.3) is 0 Å². The van der Waals surface area contributed by atoms with Crippen molar-refractivity contribution in [1.82, 2.24) is 5.32 Å². The first kappa shape index (κ1) is 10.7. The Morgan fingerprint density at radius 1 is 1.53 bits per heavy atom. The maximum absolute atomic E-state index is 6.10. The molecule has 0 amide bonds. The summed E-state index contributed by atoms with van der Waals surface area (Å²) in [5, 5.41) is 6.12. The number of nitrogens with one attached hydrogen (secondary N) is 1. The SMILES string of the molecule is CNC(Cc1ccoc1)c1sccc1Cl. The van der Waals surface area contributed by atoms with Crippen molar-refractivity contribution in [2.75, 3.05) is 7.05 Å². The highest BCUT2D eigenvalue weighted by Crippen LogP contribution is 2.30. The molecule has 1 unspecified atom stereocenters. The van der Waals surface area contributed by atoms with E-state index in [2.05, 4.69) is 5.32 Å². The molecular weight excluding hydrogens is 230 g/mol. The van der Waals surface area contributed by atoms with E-state index < -0.39 is 0 Å². The Labute approximate surface area is 97.9 Å². The summed E-state index contributed by atoms with van der Waals surface area (Å²) in [4.78, 5) is 1.18. The van der Waals surface area contributed by atoms with Gasteiger partial charge in [0.2, 0.25) is 0 Å². The molecule has 1 atom stereocenters. The van der Waals surface area contributed by atoms with Gasteiger partial charge in [-0.15, -0.1) is 11.3 Å². The number of hydrogen-bond donors (Lipinski definition) is 1. The molecule has 2 aromatic heterocycles. The van der Waals surface area contributed by atoms with Gasteiger partial charge in [-0.05, 0) is 36.5 Å². The zero-order valence-electron chi connectivity index (χ0n) is 8.37. The fraction of sp³-hybridized carbons (Fsp3) is 0.273. The van der Waals surface area contributed by atoms with Crippen LogP contribution in [0.1, 0.15) is 16.5 Å². The van der Waals surface area contributed by atoms with Crippen LogP contribution in [0.5, 0.6) is 0 Å². The Bertz CT molecular complexity index is 410. The minimum atomic E-state index is 0.259. The summed E-state index contributed by atoms with van der Waals surface area (Å²) in [7, 11) is 1.95. The van der Waals surface area contributed by atoms with Crippen molar-refractivity contribution in [3.63, 3.8) is 0 Å². The van der Waals surface area contributed by atoms with E-state index in [1.807, 2.05) is 24.6 Å². The fourth-order valence-corrected chi connectivity index (χ4v) is 2.82. The van der Waals surface area contributed by atoms with Crippen LogP contribution >= 0.6 is 22.9 Å². The van der Waals surface area contributed by atoms with E-state index in [0.29, 0.717) is 0 Å². The second kappa shape index (κ2) is 4.84. The zero-order valence-corrected chi connectivity index (χ0v) is 9.94. The third kappa shape index (κ3) is 2.43. The highest BCUT2D eigenvalue weighted by molar-refractivity contribution is 7.10. The topological polar surface area (TPSA) is 25.2 Å². The van der Waals surface area contributed by atoms with Gasteiger partial charge in [-0.3, -0.25) is 0 Å². The molecule has 0 aliphatic heterocycles. The third-order valence-electron chi connectivity index (χ3n) is 2.33. The monoisotopic (exact) mass is 241 g/mol. The zero-order chi connectivity index (χ0) is 10.7. The van der Waals surface area contributed by atoms with Crippen molar-refractivity contribution >= 4 is 22.9 Å². The van der Waals surface area contributed by atoms with Crippen molar-refractivity contribution in [2.45, 2.75) is 12.5 Å². The molecule has 2 aromatic rings. The highest BCUT2D eigenvalue weighted by atomic mass is 35.5. The Hall–Kier alpha value is -0.770. The molecule has 2 nitrogen and oxygen atoms in total. The molecule has 0 aromatic carbocycles. The van der Waals surface area contributed by atoms with Crippen LogP contribution in [0.3, 0.4) is 0 Å². The molecule has 0 saturated carbocycles. The molecule has 1 N–H and O–H groups in total. The van der Waals surface area contributed by atoms with Crippen LogP contribution in [0.4, 0.5) is 0 Å². The molecule has 15 heavy (non-hydrogen) atoms. The van der Waals surface area contributed by atoms with E-state index in [1.165, 1.54) is 10.4 Å². The average Bonchev–Trinajstić information content (AvgIpc) is 2.85. The summed E-state index contributed by atoms with van der Waals surface area (Å²) < 4.78 is 5.05. The van der Waals surface area contributed by atoms with Crippen LogP contribution < -0.4 is 5.32 Å². The lowest BCUT2D eigenvalue weighted by Crippen LogP contribution is -2.17. The molecule has 0 bridgehead atoms. The van der Waals surface area contributed by atoms with Crippen molar-refractivity contribution in [3.05, 3.63) is 45.5 Å². The van der Waals surface area contributed by atoms with E-state index in [-0.39, 0.29) is 6.04 Å². The quantitative estimate of drug-likeness (QED) is 0.887. The predicted molar refractivity (Wildman–Crippen MR) is 63.5 cm³/mol. The molecule has 0 spiro atoms. The van der Waals surface area contributed by atoms with Crippen LogP contribution in [-0.4, -0.2) is 7.05 Å². The number of halogens is 1. The molecule has 0 aliphatic rings. The lowest BCUT2D eigenvalue weighted by molar-refractivity contribution is 0.554.